The number of phenols is 1. The smallest absolute Gasteiger partial charge is 0.115 e. The van der Waals surface area contributed by atoms with E-state index in [1.807, 2.05) is 42.3 Å². The number of nitrogens with two attached hydrogens (primary N) is 1. The number of hydrogen-bond acceptors (Lipinski definition) is 3. The second kappa shape index (κ2) is 5.59. The molecule has 2 aromatic carbocycles. The number of nitrogens with zero attached hydrogens (tertiary/aromatic N) is 1. The minimum atomic E-state index is 0.237. The molecule has 0 amide bonds. The summed E-state index contributed by atoms with van der Waals surface area (Å²) in [7, 11) is 1.93. The maximum atomic E-state index is 9.33. The van der Waals surface area contributed by atoms with E-state index in [-0.39, 0.29) is 5.75 Å². The van der Waals surface area contributed by atoms with Crippen molar-refractivity contribution in [2.45, 2.75) is 0 Å². The first kappa shape index (κ1) is 13.8. The zero-order valence-corrected chi connectivity index (χ0v) is 12.7. The zero-order valence-electron chi connectivity index (χ0n) is 10.3. The van der Waals surface area contributed by atoms with Crippen LogP contribution in [0.3, 0.4) is 0 Å². The van der Waals surface area contributed by atoms with Crippen LogP contribution in [0.1, 0.15) is 5.56 Å². The molecule has 0 unspecified atom stereocenters. The average molecular weight is 337 g/mol. The molecule has 0 aliphatic heterocycles. The molecular weight excluding hydrogens is 324 g/mol. The number of aromatic hydroxyl groups is 1. The molecule has 0 saturated carbocycles. The fourth-order valence-corrected chi connectivity index (χ4v) is 2.77. The Morgan fingerprint density at radius 3 is 2.42 bits per heavy atom. The van der Waals surface area contributed by atoms with Gasteiger partial charge in [-0.15, -0.1) is 0 Å². The highest BCUT2D eigenvalue weighted by Gasteiger charge is 2.14. The van der Waals surface area contributed by atoms with Crippen LogP contribution in [0.4, 0.5) is 11.4 Å². The first-order chi connectivity index (χ1) is 9.00. The van der Waals surface area contributed by atoms with Gasteiger partial charge in [-0.3, -0.25) is 0 Å². The van der Waals surface area contributed by atoms with E-state index < -0.39 is 0 Å². The van der Waals surface area contributed by atoms with Gasteiger partial charge in [-0.05, 0) is 52.3 Å². The van der Waals surface area contributed by atoms with Crippen molar-refractivity contribution in [3.63, 3.8) is 0 Å². The van der Waals surface area contributed by atoms with Gasteiger partial charge in [-0.1, -0.05) is 18.3 Å². The Morgan fingerprint density at radius 1 is 1.21 bits per heavy atom. The van der Waals surface area contributed by atoms with Crippen LogP contribution >= 0.6 is 28.1 Å². The van der Waals surface area contributed by atoms with E-state index in [1.54, 1.807) is 12.1 Å². The molecule has 3 N–H and O–H groups in total. The molecule has 2 aromatic rings. The van der Waals surface area contributed by atoms with Crippen molar-refractivity contribution in [1.29, 1.82) is 0 Å². The molecule has 3 nitrogen and oxygen atoms in total. The fraction of sp³-hybridized carbons (Fsp3) is 0.0714. The van der Waals surface area contributed by atoms with Gasteiger partial charge >= 0.3 is 0 Å². The first-order valence-corrected chi connectivity index (χ1v) is 6.82. The van der Waals surface area contributed by atoms with E-state index in [2.05, 4.69) is 15.9 Å². The summed E-state index contributed by atoms with van der Waals surface area (Å²) in [6.07, 6.45) is 0. The predicted molar refractivity (Wildman–Crippen MR) is 86.2 cm³/mol. The maximum absolute atomic E-state index is 9.33. The summed E-state index contributed by atoms with van der Waals surface area (Å²) in [4.78, 5) is 2.31. The van der Waals surface area contributed by atoms with Crippen LogP contribution in [0.2, 0.25) is 0 Å². The average Bonchev–Trinajstić information content (AvgIpc) is 2.38. The quantitative estimate of drug-likeness (QED) is 0.841. The highest BCUT2D eigenvalue weighted by Crippen LogP contribution is 2.32. The Morgan fingerprint density at radius 2 is 1.84 bits per heavy atom. The lowest BCUT2D eigenvalue weighted by Gasteiger charge is -2.23. The van der Waals surface area contributed by atoms with E-state index in [1.165, 1.54) is 0 Å². The van der Waals surface area contributed by atoms with Crippen LogP contribution in [-0.4, -0.2) is 17.1 Å². The number of thiocarbonyl (C=S) groups is 1. The highest BCUT2D eigenvalue weighted by atomic mass is 79.9. The SMILES string of the molecule is CN(c1ccc(O)cc1)c1cccc(Br)c1C(N)=S. The van der Waals surface area contributed by atoms with E-state index in [4.69, 9.17) is 18.0 Å². The number of benzene rings is 2. The Labute approximate surface area is 125 Å². The van der Waals surface area contributed by atoms with Crippen molar-refractivity contribution < 1.29 is 5.11 Å². The molecule has 0 bridgehead atoms. The van der Waals surface area contributed by atoms with Crippen molar-refractivity contribution in [2.75, 3.05) is 11.9 Å². The fourth-order valence-electron chi connectivity index (χ4n) is 1.85. The van der Waals surface area contributed by atoms with Gasteiger partial charge in [-0.2, -0.15) is 0 Å². The molecule has 19 heavy (non-hydrogen) atoms. The molecule has 0 aliphatic carbocycles. The molecular formula is C14H13BrN2OS. The van der Waals surface area contributed by atoms with Crippen molar-refractivity contribution in [3.05, 3.63) is 52.5 Å². The van der Waals surface area contributed by atoms with Gasteiger partial charge in [0.25, 0.3) is 0 Å². The number of hydrogen-bond donors (Lipinski definition) is 2. The molecule has 0 fully saturated rings. The molecule has 0 aromatic heterocycles. The number of phenolic OH excluding ortho intramolecular Hbond substituents is 1. The maximum Gasteiger partial charge on any atom is 0.115 e. The summed E-state index contributed by atoms with van der Waals surface area (Å²) in [6, 6.07) is 12.7. The summed E-state index contributed by atoms with van der Waals surface area (Å²) >= 11 is 8.57. The normalized spacial score (nSPS) is 10.2. The van der Waals surface area contributed by atoms with Crippen molar-refractivity contribution in [3.8, 4) is 5.75 Å². The first-order valence-electron chi connectivity index (χ1n) is 5.62. The molecule has 0 aliphatic rings. The van der Waals surface area contributed by atoms with E-state index in [0.717, 1.165) is 21.4 Å². The predicted octanol–water partition coefficient (Wildman–Crippen LogP) is 3.56. The molecule has 98 valence electrons. The van der Waals surface area contributed by atoms with Crippen molar-refractivity contribution in [2.24, 2.45) is 5.73 Å². The summed E-state index contributed by atoms with van der Waals surface area (Å²) in [5, 5.41) is 9.33. The Balaban J connectivity index is 2.49. The summed E-state index contributed by atoms with van der Waals surface area (Å²) in [5.74, 6) is 0.237. The Kier molecular flexibility index (Phi) is 4.07. The molecule has 0 atom stereocenters. The second-order valence-electron chi connectivity index (χ2n) is 4.07. The largest absolute Gasteiger partial charge is 0.508 e. The third kappa shape index (κ3) is 2.88. The van der Waals surface area contributed by atoms with Crippen LogP contribution in [0.5, 0.6) is 5.75 Å². The van der Waals surface area contributed by atoms with Gasteiger partial charge < -0.3 is 15.7 Å². The summed E-state index contributed by atoms with van der Waals surface area (Å²) < 4.78 is 0.864. The lowest BCUT2D eigenvalue weighted by molar-refractivity contribution is 0.475. The van der Waals surface area contributed by atoms with Gasteiger partial charge in [0.05, 0.1) is 5.69 Å². The Hall–Kier alpha value is -1.59. The number of halogens is 1. The minimum Gasteiger partial charge on any atom is -0.508 e. The summed E-state index contributed by atoms with van der Waals surface area (Å²) in [5.41, 5.74) is 8.44. The monoisotopic (exact) mass is 336 g/mol. The molecule has 0 saturated heterocycles. The molecule has 2 rings (SSSR count). The molecule has 0 spiro atoms. The number of rotatable bonds is 3. The van der Waals surface area contributed by atoms with Gasteiger partial charge in [0.1, 0.15) is 10.7 Å². The van der Waals surface area contributed by atoms with E-state index in [9.17, 15) is 5.11 Å². The lowest BCUT2D eigenvalue weighted by atomic mass is 10.1. The molecule has 5 heteroatoms. The van der Waals surface area contributed by atoms with Gasteiger partial charge in [-0.25, -0.2) is 0 Å². The third-order valence-electron chi connectivity index (χ3n) is 2.84. The van der Waals surface area contributed by atoms with Gasteiger partial charge in [0, 0.05) is 22.8 Å². The lowest BCUT2D eigenvalue weighted by Crippen LogP contribution is -2.18. The van der Waals surface area contributed by atoms with Crippen LogP contribution < -0.4 is 10.6 Å². The summed E-state index contributed by atoms with van der Waals surface area (Å²) in [6.45, 7) is 0. The zero-order chi connectivity index (χ0) is 14.0. The van der Waals surface area contributed by atoms with Crippen LogP contribution in [0, 0.1) is 0 Å². The van der Waals surface area contributed by atoms with Gasteiger partial charge in [0.15, 0.2) is 0 Å². The van der Waals surface area contributed by atoms with Crippen LogP contribution in [-0.2, 0) is 0 Å². The minimum absolute atomic E-state index is 0.237. The van der Waals surface area contributed by atoms with Crippen molar-refractivity contribution in [1.82, 2.24) is 0 Å². The highest BCUT2D eigenvalue weighted by molar-refractivity contribution is 9.10. The van der Waals surface area contributed by atoms with Crippen molar-refractivity contribution >= 4 is 44.5 Å². The topological polar surface area (TPSA) is 49.5 Å². The third-order valence-corrected chi connectivity index (χ3v) is 3.70. The van der Waals surface area contributed by atoms with Gasteiger partial charge in [0.2, 0.25) is 0 Å². The standard InChI is InChI=1S/C14H13BrN2OS/c1-17(9-5-7-10(18)8-6-9)12-4-2-3-11(15)13(12)14(16)19/h2-8,18H,1H3,(H2,16,19). The number of anilines is 2. The second-order valence-corrected chi connectivity index (χ2v) is 5.37. The molecule has 0 heterocycles. The van der Waals surface area contributed by atoms with E-state index >= 15 is 0 Å². The molecule has 0 radical (unpaired) electrons. The van der Waals surface area contributed by atoms with E-state index in [0.29, 0.717) is 4.99 Å². The van der Waals surface area contributed by atoms with Crippen LogP contribution in [0.15, 0.2) is 46.9 Å². The van der Waals surface area contributed by atoms with Crippen LogP contribution in [0.25, 0.3) is 0 Å². The Bertz CT molecular complexity index is 613.